The number of benzene rings is 1. The number of rotatable bonds is 8. The minimum absolute atomic E-state index is 0.0846. The summed E-state index contributed by atoms with van der Waals surface area (Å²) in [4.78, 5) is 22.3. The van der Waals surface area contributed by atoms with Crippen LogP contribution in [0, 0.1) is 5.92 Å². The second kappa shape index (κ2) is 7.67. The van der Waals surface area contributed by atoms with E-state index in [0.717, 1.165) is 6.54 Å². The highest BCUT2D eigenvalue weighted by molar-refractivity contribution is 5.83. The molecule has 1 aliphatic rings. The Morgan fingerprint density at radius 3 is 2.86 bits per heavy atom. The van der Waals surface area contributed by atoms with E-state index in [0.29, 0.717) is 48.7 Å². The molecule has 1 saturated carbocycles. The maximum atomic E-state index is 11.6. The van der Waals surface area contributed by atoms with Gasteiger partial charge in [-0.1, -0.05) is 6.42 Å². The molecule has 0 unspecified atom stereocenters. The zero-order valence-corrected chi connectivity index (χ0v) is 12.1. The molecule has 3 N–H and O–H groups in total. The number of nitrogen functional groups attached to an aromatic ring is 1. The van der Waals surface area contributed by atoms with E-state index in [1.807, 2.05) is 0 Å². The number of nitrogens with one attached hydrogen (secondary N) is 1. The molecule has 1 aliphatic carbocycles. The first-order valence-electron chi connectivity index (χ1n) is 7.43. The van der Waals surface area contributed by atoms with Crippen molar-refractivity contribution >= 4 is 17.9 Å². The van der Waals surface area contributed by atoms with Gasteiger partial charge in [-0.3, -0.25) is 9.59 Å². The van der Waals surface area contributed by atoms with Crippen LogP contribution >= 0.6 is 0 Å². The molecular formula is C16H22N2O3. The monoisotopic (exact) mass is 290 g/mol. The van der Waals surface area contributed by atoms with Gasteiger partial charge in [0, 0.05) is 30.3 Å². The molecule has 0 spiro atoms. The Balaban J connectivity index is 1.61. The summed E-state index contributed by atoms with van der Waals surface area (Å²) in [5.74, 6) is 1.39. The first-order chi connectivity index (χ1) is 10.2. The molecule has 0 aliphatic heterocycles. The van der Waals surface area contributed by atoms with Crippen molar-refractivity contribution in [1.29, 1.82) is 0 Å². The minimum atomic E-state index is 0.0846. The molecule has 114 valence electrons. The van der Waals surface area contributed by atoms with Crippen LogP contribution in [-0.2, 0) is 4.79 Å². The molecule has 1 fully saturated rings. The van der Waals surface area contributed by atoms with Crippen molar-refractivity contribution in [2.24, 2.45) is 5.92 Å². The molecule has 0 aromatic heterocycles. The zero-order chi connectivity index (χ0) is 15.1. The number of nitrogens with two attached hydrogens (primary N) is 1. The number of hydrogen-bond acceptors (Lipinski definition) is 4. The van der Waals surface area contributed by atoms with Gasteiger partial charge in [-0.05, 0) is 37.3 Å². The van der Waals surface area contributed by atoms with Crippen LogP contribution in [0.15, 0.2) is 18.2 Å². The maximum absolute atomic E-state index is 11.6. The maximum Gasteiger partial charge on any atom is 0.220 e. The molecule has 0 saturated heterocycles. The fourth-order valence-electron chi connectivity index (χ4n) is 2.22. The van der Waals surface area contributed by atoms with Crippen LogP contribution in [-0.4, -0.2) is 25.3 Å². The van der Waals surface area contributed by atoms with Crippen LogP contribution in [0.5, 0.6) is 5.75 Å². The van der Waals surface area contributed by atoms with Crippen molar-refractivity contribution in [2.75, 3.05) is 18.9 Å². The van der Waals surface area contributed by atoms with Gasteiger partial charge >= 0.3 is 0 Å². The first kappa shape index (κ1) is 15.4. The van der Waals surface area contributed by atoms with Crippen LogP contribution in [0.25, 0.3) is 0 Å². The van der Waals surface area contributed by atoms with Gasteiger partial charge in [0.05, 0.1) is 6.61 Å². The number of anilines is 1. The van der Waals surface area contributed by atoms with Gasteiger partial charge in [-0.25, -0.2) is 0 Å². The molecule has 2 rings (SSSR count). The molecule has 1 amide bonds. The SMILES string of the molecule is Nc1cc(OCCCC(=O)NCC2CCC2)ccc1C=O. The standard InChI is InChI=1S/C16H22N2O3/c17-15-9-14(7-6-13(15)11-19)21-8-2-5-16(20)18-10-12-3-1-4-12/h6-7,9,11-12H,1-5,8,10,17H2,(H,18,20). The third-order valence-electron chi connectivity index (χ3n) is 3.81. The Morgan fingerprint density at radius 1 is 1.43 bits per heavy atom. The quantitative estimate of drug-likeness (QED) is 0.437. The molecule has 21 heavy (non-hydrogen) atoms. The summed E-state index contributed by atoms with van der Waals surface area (Å²) >= 11 is 0. The molecule has 0 atom stereocenters. The van der Waals surface area contributed by atoms with Gasteiger partial charge < -0.3 is 15.8 Å². The van der Waals surface area contributed by atoms with Crippen LogP contribution in [0.2, 0.25) is 0 Å². The summed E-state index contributed by atoms with van der Waals surface area (Å²) in [5, 5.41) is 2.95. The number of hydrogen-bond donors (Lipinski definition) is 2. The predicted octanol–water partition coefficient (Wildman–Crippen LogP) is 2.16. The Kier molecular flexibility index (Phi) is 5.60. The van der Waals surface area contributed by atoms with Crippen LogP contribution < -0.4 is 15.8 Å². The fraction of sp³-hybridized carbons (Fsp3) is 0.500. The second-order valence-electron chi connectivity index (χ2n) is 5.46. The largest absolute Gasteiger partial charge is 0.494 e. The summed E-state index contributed by atoms with van der Waals surface area (Å²) < 4.78 is 5.52. The van der Waals surface area contributed by atoms with Gasteiger partial charge in [-0.15, -0.1) is 0 Å². The third-order valence-corrected chi connectivity index (χ3v) is 3.81. The van der Waals surface area contributed by atoms with Crippen molar-refractivity contribution in [3.63, 3.8) is 0 Å². The van der Waals surface area contributed by atoms with Gasteiger partial charge in [0.2, 0.25) is 5.91 Å². The van der Waals surface area contributed by atoms with Gasteiger partial charge in [0.25, 0.3) is 0 Å². The number of aldehydes is 1. The lowest BCUT2D eigenvalue weighted by Gasteiger charge is -2.25. The second-order valence-corrected chi connectivity index (χ2v) is 5.46. The smallest absolute Gasteiger partial charge is 0.220 e. The van der Waals surface area contributed by atoms with E-state index in [-0.39, 0.29) is 5.91 Å². The fourth-order valence-corrected chi connectivity index (χ4v) is 2.22. The highest BCUT2D eigenvalue weighted by atomic mass is 16.5. The highest BCUT2D eigenvalue weighted by Crippen LogP contribution is 2.25. The van der Waals surface area contributed by atoms with Crippen LogP contribution in [0.3, 0.4) is 0 Å². The van der Waals surface area contributed by atoms with Crippen molar-refractivity contribution in [2.45, 2.75) is 32.1 Å². The number of carbonyl (C=O) groups is 2. The lowest BCUT2D eigenvalue weighted by molar-refractivity contribution is -0.121. The Bertz CT molecular complexity index is 498. The van der Waals surface area contributed by atoms with Crippen LogP contribution in [0.1, 0.15) is 42.5 Å². The molecule has 0 bridgehead atoms. The molecule has 5 nitrogen and oxygen atoms in total. The van der Waals surface area contributed by atoms with Crippen molar-refractivity contribution in [3.05, 3.63) is 23.8 Å². The van der Waals surface area contributed by atoms with E-state index in [4.69, 9.17) is 10.5 Å². The average Bonchev–Trinajstić information content (AvgIpc) is 2.42. The number of amides is 1. The van der Waals surface area contributed by atoms with Crippen molar-refractivity contribution in [1.82, 2.24) is 5.32 Å². The van der Waals surface area contributed by atoms with E-state index >= 15 is 0 Å². The van der Waals surface area contributed by atoms with Gasteiger partial charge in [0.1, 0.15) is 5.75 Å². The number of carbonyl (C=O) groups excluding carboxylic acids is 2. The normalized spacial score (nSPS) is 14.3. The lowest BCUT2D eigenvalue weighted by Crippen LogP contribution is -2.32. The van der Waals surface area contributed by atoms with E-state index in [1.165, 1.54) is 19.3 Å². The summed E-state index contributed by atoms with van der Waals surface area (Å²) in [5.41, 5.74) is 6.56. The average molecular weight is 290 g/mol. The van der Waals surface area contributed by atoms with Crippen molar-refractivity contribution < 1.29 is 14.3 Å². The van der Waals surface area contributed by atoms with Crippen LogP contribution in [0.4, 0.5) is 5.69 Å². The zero-order valence-electron chi connectivity index (χ0n) is 12.1. The van der Waals surface area contributed by atoms with E-state index in [2.05, 4.69) is 5.32 Å². The van der Waals surface area contributed by atoms with Crippen molar-refractivity contribution in [3.8, 4) is 5.75 Å². The summed E-state index contributed by atoms with van der Waals surface area (Å²) in [7, 11) is 0. The Hall–Kier alpha value is -2.04. The van der Waals surface area contributed by atoms with E-state index < -0.39 is 0 Å². The molecule has 0 radical (unpaired) electrons. The van der Waals surface area contributed by atoms with E-state index in [1.54, 1.807) is 18.2 Å². The summed E-state index contributed by atoms with van der Waals surface area (Å²) in [6.45, 7) is 1.26. The summed E-state index contributed by atoms with van der Waals surface area (Å²) in [6.07, 6.45) is 5.61. The molecule has 1 aromatic rings. The predicted molar refractivity (Wildman–Crippen MR) is 81.3 cm³/mol. The van der Waals surface area contributed by atoms with Gasteiger partial charge in [-0.2, -0.15) is 0 Å². The first-order valence-corrected chi connectivity index (χ1v) is 7.43. The van der Waals surface area contributed by atoms with Gasteiger partial charge in [0.15, 0.2) is 6.29 Å². The Morgan fingerprint density at radius 2 is 2.24 bits per heavy atom. The molecule has 1 aromatic carbocycles. The highest BCUT2D eigenvalue weighted by Gasteiger charge is 2.17. The van der Waals surface area contributed by atoms with E-state index in [9.17, 15) is 9.59 Å². The topological polar surface area (TPSA) is 81.4 Å². The Labute approximate surface area is 124 Å². The third kappa shape index (κ3) is 4.77. The summed E-state index contributed by atoms with van der Waals surface area (Å²) in [6, 6.07) is 4.96. The minimum Gasteiger partial charge on any atom is -0.494 e. The molecular weight excluding hydrogens is 268 g/mol. The molecule has 0 heterocycles. The molecule has 5 heteroatoms. The number of ether oxygens (including phenoxy) is 1. The lowest BCUT2D eigenvalue weighted by atomic mass is 9.85.